The predicted molar refractivity (Wildman–Crippen MR) is 142 cm³/mol. The van der Waals surface area contributed by atoms with Gasteiger partial charge in [0, 0.05) is 6.42 Å². The van der Waals surface area contributed by atoms with Crippen LogP contribution in [0.25, 0.3) is 0 Å². The monoisotopic (exact) mass is 506 g/mol. The minimum Gasteiger partial charge on any atom is -0.289 e. The average Bonchev–Trinajstić information content (AvgIpc) is 2.92. The zero-order valence-corrected chi connectivity index (χ0v) is 22.1. The molecule has 35 heavy (non-hydrogen) atoms. The zero-order valence-electron chi connectivity index (χ0n) is 20.1. The van der Waals surface area contributed by atoms with Gasteiger partial charge in [0.15, 0.2) is 0 Å². The molecule has 2 aromatic rings. The van der Waals surface area contributed by atoms with Crippen LogP contribution in [0.2, 0.25) is 13.1 Å². The fourth-order valence-electron chi connectivity index (χ4n) is 2.93. The maximum atomic E-state index is 12.3. The first kappa shape index (κ1) is 27.9. The number of carbonyl (C=O) groups excluding carboxylic acids is 2. The van der Waals surface area contributed by atoms with E-state index in [0.29, 0.717) is 0 Å². The maximum Gasteiger partial charge on any atom is 0.373 e. The van der Waals surface area contributed by atoms with Gasteiger partial charge in [-0.15, -0.1) is 36.1 Å². The van der Waals surface area contributed by atoms with Crippen LogP contribution in [0.15, 0.2) is 97.6 Å². The largest absolute Gasteiger partial charge is 0.373 e. The van der Waals surface area contributed by atoms with E-state index in [9.17, 15) is 9.59 Å². The van der Waals surface area contributed by atoms with Crippen molar-refractivity contribution >= 4 is 38.5 Å². The molecule has 182 valence electrons. The molecule has 0 spiro atoms. The van der Waals surface area contributed by atoms with Crippen LogP contribution in [0.3, 0.4) is 0 Å². The highest BCUT2D eigenvalue weighted by Gasteiger charge is 2.24. The first-order valence-electron chi connectivity index (χ1n) is 10.8. The number of carbonyl (C=O) groups is 2. The van der Waals surface area contributed by atoms with Crippen LogP contribution in [0.5, 0.6) is 0 Å². The third-order valence-electron chi connectivity index (χ3n) is 5.81. The van der Waals surface area contributed by atoms with E-state index in [2.05, 4.69) is 46.3 Å². The van der Waals surface area contributed by atoms with Crippen molar-refractivity contribution in [3.8, 4) is 0 Å². The van der Waals surface area contributed by atoms with Crippen LogP contribution in [-0.2, 0) is 19.6 Å². The summed E-state index contributed by atoms with van der Waals surface area (Å²) in [6.45, 7) is 23.3. The van der Waals surface area contributed by atoms with Crippen molar-refractivity contribution < 1.29 is 29.1 Å². The second-order valence-corrected chi connectivity index (χ2v) is 16.0. The second-order valence-electron chi connectivity index (χ2n) is 8.07. The van der Waals surface area contributed by atoms with Gasteiger partial charge in [0.1, 0.15) is 16.1 Å². The summed E-state index contributed by atoms with van der Waals surface area (Å²) in [6.07, 6.45) is -0.361. The van der Waals surface area contributed by atoms with E-state index in [4.69, 9.17) is 19.6 Å². The molecule has 6 nitrogen and oxygen atoms in total. The lowest BCUT2D eigenvalue weighted by Gasteiger charge is -2.19. The third kappa shape index (κ3) is 6.86. The molecule has 0 unspecified atom stereocenters. The summed E-state index contributed by atoms with van der Waals surface area (Å²) in [7, 11) is -3.97. The Kier molecular flexibility index (Phi) is 9.91. The normalized spacial score (nSPS) is 11.4. The molecule has 0 amide bonds. The molecule has 0 bridgehead atoms. The number of hydrogen-bond acceptors (Lipinski definition) is 6. The molecular formula is C27H30O6Si2. The van der Waals surface area contributed by atoms with E-state index in [1.807, 2.05) is 47.1 Å². The van der Waals surface area contributed by atoms with Crippen molar-refractivity contribution in [1.29, 1.82) is 0 Å². The lowest BCUT2D eigenvalue weighted by molar-refractivity contribution is -0.362. The summed E-state index contributed by atoms with van der Waals surface area (Å²) < 4.78 is 0. The van der Waals surface area contributed by atoms with Gasteiger partial charge < -0.3 is 0 Å². The Morgan fingerprint density at radius 3 is 1.23 bits per heavy atom. The number of benzene rings is 2. The Balaban J connectivity index is 1.92. The highest BCUT2D eigenvalue weighted by atomic mass is 28.3. The van der Waals surface area contributed by atoms with Gasteiger partial charge in [-0.2, -0.15) is 0 Å². The molecule has 0 aliphatic carbocycles. The van der Waals surface area contributed by atoms with Crippen molar-refractivity contribution in [3.05, 3.63) is 122 Å². The predicted octanol–water partition coefficient (Wildman–Crippen LogP) is 4.75. The SMILES string of the molecule is [CH2]C[C](OOC(=O)c1ccc([Si](C)(C=C)C=C)cc1)OOC(=O)c1ccc([Si](C)(C=C)C=C)cc1. The molecule has 8 heteroatoms. The van der Waals surface area contributed by atoms with Gasteiger partial charge in [-0.1, -0.05) is 70.5 Å². The first-order chi connectivity index (χ1) is 16.7. The van der Waals surface area contributed by atoms with E-state index < -0.39 is 28.1 Å². The van der Waals surface area contributed by atoms with Crippen molar-refractivity contribution in [3.63, 3.8) is 0 Å². The summed E-state index contributed by atoms with van der Waals surface area (Å²) in [5.74, 6) is -1.49. The number of rotatable bonds is 13. The first-order valence-corrected chi connectivity index (χ1v) is 16.2. The Labute approximate surface area is 209 Å². The lowest BCUT2D eigenvalue weighted by Crippen LogP contribution is -2.40. The second kappa shape index (κ2) is 12.4. The maximum absolute atomic E-state index is 12.3. The van der Waals surface area contributed by atoms with Crippen LogP contribution in [-0.4, -0.2) is 28.1 Å². The van der Waals surface area contributed by atoms with E-state index in [1.165, 1.54) is 0 Å². The molecule has 2 rings (SSSR count). The lowest BCUT2D eigenvalue weighted by atomic mass is 10.2. The highest BCUT2D eigenvalue weighted by molar-refractivity contribution is 6.99. The van der Waals surface area contributed by atoms with Crippen LogP contribution in [0.1, 0.15) is 27.1 Å². The highest BCUT2D eigenvalue weighted by Crippen LogP contribution is 2.15. The van der Waals surface area contributed by atoms with Gasteiger partial charge in [-0.25, -0.2) is 9.59 Å². The summed E-state index contributed by atoms with van der Waals surface area (Å²) in [5.41, 5.74) is 8.16. The zero-order chi connectivity index (χ0) is 26.1. The van der Waals surface area contributed by atoms with E-state index >= 15 is 0 Å². The fourth-order valence-corrected chi connectivity index (χ4v) is 5.98. The Morgan fingerprint density at radius 1 is 0.657 bits per heavy atom. The molecule has 0 aliphatic rings. The van der Waals surface area contributed by atoms with Gasteiger partial charge in [-0.05, 0) is 31.2 Å². The fraction of sp³-hybridized carbons (Fsp3) is 0.111. The molecule has 2 radical (unpaired) electrons. The third-order valence-corrected chi connectivity index (χ3v) is 12.4. The summed E-state index contributed by atoms with van der Waals surface area (Å²) in [6, 6.07) is 13.8. The minimum absolute atomic E-state index is 0.0658. The van der Waals surface area contributed by atoms with E-state index in [1.54, 1.807) is 24.3 Å². The quantitative estimate of drug-likeness (QED) is 0.222. The summed E-state index contributed by atoms with van der Waals surface area (Å²) in [5, 5.41) is 2.10. The molecule has 0 aromatic heterocycles. The summed E-state index contributed by atoms with van der Waals surface area (Å²) >= 11 is 0. The van der Waals surface area contributed by atoms with Crippen molar-refractivity contribution in [2.45, 2.75) is 19.5 Å². The van der Waals surface area contributed by atoms with E-state index in [0.717, 1.165) is 10.4 Å². The average molecular weight is 507 g/mol. The molecule has 0 atom stereocenters. The minimum atomic E-state index is -1.98. The van der Waals surface area contributed by atoms with Crippen molar-refractivity contribution in [2.24, 2.45) is 0 Å². The Bertz CT molecular complexity index is 974. The van der Waals surface area contributed by atoms with Gasteiger partial charge >= 0.3 is 18.2 Å². The Hall–Kier alpha value is -3.31. The van der Waals surface area contributed by atoms with Gasteiger partial charge in [0.05, 0.1) is 11.1 Å². The Morgan fingerprint density at radius 2 is 0.971 bits per heavy atom. The van der Waals surface area contributed by atoms with E-state index in [-0.39, 0.29) is 23.8 Å². The van der Waals surface area contributed by atoms with Gasteiger partial charge in [-0.3, -0.25) is 9.78 Å². The molecular weight excluding hydrogens is 476 g/mol. The van der Waals surface area contributed by atoms with Crippen molar-refractivity contribution in [1.82, 2.24) is 0 Å². The molecule has 2 aromatic carbocycles. The van der Waals surface area contributed by atoms with Gasteiger partial charge in [0.25, 0.3) is 0 Å². The molecule has 0 saturated heterocycles. The van der Waals surface area contributed by atoms with Crippen LogP contribution < -0.4 is 10.4 Å². The molecule has 0 N–H and O–H groups in total. The summed E-state index contributed by atoms with van der Waals surface area (Å²) in [4.78, 5) is 44.0. The molecule has 0 saturated carbocycles. The van der Waals surface area contributed by atoms with Gasteiger partial charge in [0.2, 0.25) is 0 Å². The smallest absolute Gasteiger partial charge is 0.289 e. The van der Waals surface area contributed by atoms with Crippen LogP contribution in [0, 0.1) is 13.2 Å². The topological polar surface area (TPSA) is 71.1 Å². The molecule has 0 heterocycles. The van der Waals surface area contributed by atoms with Crippen LogP contribution in [0.4, 0.5) is 0 Å². The standard InChI is InChI=1S/C27H30O6Si2/c1-8-25(30-32-26(28)21-13-17-23(18-14-21)34(6,9-2)10-3)31-33-27(29)22-15-19-24(20-16-22)35(7,11-4)12-5/h9-20H,1-5,8H2,6-7H3. The molecule has 0 fully saturated rings. The molecule has 0 aliphatic heterocycles. The van der Waals surface area contributed by atoms with Crippen LogP contribution >= 0.6 is 0 Å². The number of hydrogen-bond donors (Lipinski definition) is 0. The van der Waals surface area contributed by atoms with Crippen molar-refractivity contribution in [2.75, 3.05) is 0 Å².